The van der Waals surface area contributed by atoms with Gasteiger partial charge in [0, 0.05) is 64.1 Å². The molecule has 5 nitrogen and oxygen atoms in total. The van der Waals surface area contributed by atoms with Crippen LogP contribution < -0.4 is 0 Å². The van der Waals surface area contributed by atoms with Gasteiger partial charge in [-0.25, -0.2) is 15.0 Å². The maximum atomic E-state index is 6.64. The first-order chi connectivity index (χ1) is 31.2. The third-order valence-electron chi connectivity index (χ3n) is 12.3. The van der Waals surface area contributed by atoms with E-state index in [-0.39, 0.29) is 0 Å². The Morgan fingerprint density at radius 3 is 1.76 bits per heavy atom. The molecule has 0 unspecified atom stereocenters. The number of rotatable bonds is 6. The summed E-state index contributed by atoms with van der Waals surface area (Å²) in [5, 5.41) is 6.71. The van der Waals surface area contributed by atoms with Crippen molar-refractivity contribution in [1.82, 2.24) is 19.5 Å². The second-order valence-electron chi connectivity index (χ2n) is 15.9. The lowest BCUT2D eigenvalue weighted by atomic mass is 10.0. The van der Waals surface area contributed by atoms with Crippen molar-refractivity contribution in [2.24, 2.45) is 0 Å². The molecule has 0 amide bonds. The molecule has 6 heteroatoms. The van der Waals surface area contributed by atoms with Crippen molar-refractivity contribution in [3.05, 3.63) is 206 Å². The van der Waals surface area contributed by atoms with Crippen LogP contribution >= 0.6 is 11.3 Å². The highest BCUT2D eigenvalue weighted by molar-refractivity contribution is 7.25. The van der Waals surface area contributed by atoms with E-state index in [1.165, 1.54) is 36.7 Å². The fourth-order valence-electron chi connectivity index (χ4n) is 9.38. The van der Waals surface area contributed by atoms with Crippen LogP contribution in [0.4, 0.5) is 0 Å². The van der Waals surface area contributed by atoms with Crippen LogP contribution in [0.1, 0.15) is 0 Å². The van der Waals surface area contributed by atoms with E-state index in [0.717, 1.165) is 71.9 Å². The van der Waals surface area contributed by atoms with Gasteiger partial charge in [0.1, 0.15) is 11.2 Å². The predicted molar refractivity (Wildman–Crippen MR) is 262 cm³/mol. The Hall–Kier alpha value is -8.19. The topological polar surface area (TPSA) is 56.7 Å². The van der Waals surface area contributed by atoms with E-state index in [1.54, 1.807) is 11.3 Å². The molecule has 4 heterocycles. The lowest BCUT2D eigenvalue weighted by molar-refractivity contribution is 0.669. The molecule has 294 valence electrons. The van der Waals surface area contributed by atoms with Crippen molar-refractivity contribution >= 4 is 75.3 Å². The van der Waals surface area contributed by atoms with E-state index >= 15 is 0 Å². The average Bonchev–Trinajstić information content (AvgIpc) is 4.04. The summed E-state index contributed by atoms with van der Waals surface area (Å²) >= 11 is 1.79. The second kappa shape index (κ2) is 14.2. The number of nitrogens with zero attached hydrogens (tertiary/aromatic N) is 4. The lowest BCUT2D eigenvalue weighted by Gasteiger charge is -2.11. The maximum absolute atomic E-state index is 6.64. The van der Waals surface area contributed by atoms with E-state index in [1.807, 2.05) is 18.2 Å². The first kappa shape index (κ1) is 35.6. The third-order valence-corrected chi connectivity index (χ3v) is 13.4. The van der Waals surface area contributed by atoms with Gasteiger partial charge in [-0.05, 0) is 82.9 Å². The minimum Gasteiger partial charge on any atom is -0.456 e. The normalized spacial score (nSPS) is 11.8. The number of para-hydroxylation sites is 1. The van der Waals surface area contributed by atoms with Crippen LogP contribution in [0.25, 0.3) is 126 Å². The molecule has 0 N–H and O–H groups in total. The molecule has 4 aromatic heterocycles. The van der Waals surface area contributed by atoms with Gasteiger partial charge in [-0.2, -0.15) is 0 Å². The van der Waals surface area contributed by atoms with Gasteiger partial charge in [0.05, 0.1) is 11.0 Å². The highest BCUT2D eigenvalue weighted by atomic mass is 32.1. The Bertz CT molecular complexity index is 3920. The van der Waals surface area contributed by atoms with Crippen molar-refractivity contribution in [2.45, 2.75) is 0 Å². The summed E-state index contributed by atoms with van der Waals surface area (Å²) in [5.41, 5.74) is 12.3. The number of hydrogen-bond donors (Lipinski definition) is 0. The number of benzene rings is 9. The third kappa shape index (κ3) is 5.80. The fraction of sp³-hybridized carbons (Fsp3) is 0. The molecule has 13 rings (SSSR count). The molecule has 0 bridgehead atoms. The van der Waals surface area contributed by atoms with Gasteiger partial charge in [-0.3, -0.25) is 0 Å². The Labute approximate surface area is 365 Å². The van der Waals surface area contributed by atoms with Crippen molar-refractivity contribution < 1.29 is 4.42 Å². The second-order valence-corrected chi connectivity index (χ2v) is 17.0. The van der Waals surface area contributed by atoms with Gasteiger partial charge in [0.15, 0.2) is 17.5 Å². The molecule has 0 aliphatic rings. The summed E-state index contributed by atoms with van der Waals surface area (Å²) in [7, 11) is 0. The van der Waals surface area contributed by atoms with Crippen LogP contribution in [-0.4, -0.2) is 19.5 Å². The van der Waals surface area contributed by atoms with Gasteiger partial charge < -0.3 is 8.98 Å². The summed E-state index contributed by atoms with van der Waals surface area (Å²) in [5.74, 6) is 1.82. The number of furan rings is 1. The Kier molecular flexibility index (Phi) is 8.01. The number of aromatic nitrogens is 4. The average molecular weight is 823 g/mol. The molecular weight excluding hydrogens is 789 g/mol. The molecular formula is C57H34N4OS. The maximum Gasteiger partial charge on any atom is 0.164 e. The molecule has 0 fully saturated rings. The monoisotopic (exact) mass is 822 g/mol. The summed E-state index contributed by atoms with van der Waals surface area (Å²) in [6, 6.07) is 72.6. The number of thiophene rings is 1. The molecule has 13 aromatic rings. The molecule has 0 atom stereocenters. The van der Waals surface area contributed by atoms with Gasteiger partial charge in [-0.15, -0.1) is 11.3 Å². The SMILES string of the molecule is c1ccc(-c2cccc(-c3nc(-c4cccc5oc6ccc(-n7c8ccccc8c8cc(-c9ccccc9)ccc87)cc6c45)nc(-c4cccc5sc6ccccc6c45)n3)c2)cc1. The van der Waals surface area contributed by atoms with E-state index in [0.29, 0.717) is 17.5 Å². The van der Waals surface area contributed by atoms with Gasteiger partial charge >= 0.3 is 0 Å². The first-order valence-corrected chi connectivity index (χ1v) is 21.9. The fourth-order valence-corrected chi connectivity index (χ4v) is 10.5. The number of fused-ring (bicyclic) bond motifs is 9. The van der Waals surface area contributed by atoms with Crippen molar-refractivity contribution in [1.29, 1.82) is 0 Å². The Morgan fingerprint density at radius 1 is 0.349 bits per heavy atom. The minimum atomic E-state index is 0.584. The van der Waals surface area contributed by atoms with Crippen LogP contribution in [0, 0.1) is 0 Å². The highest BCUT2D eigenvalue weighted by Crippen LogP contribution is 2.42. The smallest absolute Gasteiger partial charge is 0.164 e. The molecule has 0 spiro atoms. The minimum absolute atomic E-state index is 0.584. The van der Waals surface area contributed by atoms with Gasteiger partial charge in [-0.1, -0.05) is 146 Å². The van der Waals surface area contributed by atoms with Crippen molar-refractivity contribution in [3.63, 3.8) is 0 Å². The Morgan fingerprint density at radius 2 is 0.952 bits per heavy atom. The summed E-state index contributed by atoms with van der Waals surface area (Å²) < 4.78 is 11.4. The van der Waals surface area contributed by atoms with E-state index in [4.69, 9.17) is 19.4 Å². The standard InChI is InChI=1S/C57H34N4OS/c1-3-14-35(15-4-1)37-18-11-19-39(32-37)55-58-56(60-57(59-55)44-23-13-27-52-54(44)42-21-8-10-26-51(42)63-52)43-22-12-25-50-53(43)46-34-40(29-31-49(46)62-50)61-47-24-9-7-20-41(47)45-33-38(28-30-48(45)61)36-16-5-2-6-17-36/h1-34H. The van der Waals surface area contributed by atoms with Crippen LogP contribution in [0.15, 0.2) is 211 Å². The molecule has 0 aliphatic carbocycles. The number of hydrogen-bond acceptors (Lipinski definition) is 5. The Balaban J connectivity index is 1.04. The predicted octanol–water partition coefficient (Wildman–Crippen LogP) is 15.6. The summed E-state index contributed by atoms with van der Waals surface area (Å²) in [6.07, 6.45) is 0. The van der Waals surface area contributed by atoms with Crippen LogP contribution in [0.2, 0.25) is 0 Å². The summed E-state index contributed by atoms with van der Waals surface area (Å²) in [4.78, 5) is 16.0. The summed E-state index contributed by atoms with van der Waals surface area (Å²) in [6.45, 7) is 0. The van der Waals surface area contributed by atoms with Gasteiger partial charge in [0.2, 0.25) is 0 Å². The molecule has 0 saturated carbocycles. The van der Waals surface area contributed by atoms with Crippen molar-refractivity contribution in [2.75, 3.05) is 0 Å². The van der Waals surface area contributed by atoms with E-state index in [9.17, 15) is 0 Å². The first-order valence-electron chi connectivity index (χ1n) is 21.1. The van der Waals surface area contributed by atoms with Gasteiger partial charge in [0.25, 0.3) is 0 Å². The lowest BCUT2D eigenvalue weighted by Crippen LogP contribution is -2.01. The highest BCUT2D eigenvalue weighted by Gasteiger charge is 2.21. The van der Waals surface area contributed by atoms with E-state index in [2.05, 4.69) is 193 Å². The molecule has 0 aliphatic heterocycles. The zero-order chi connectivity index (χ0) is 41.4. The quantitative estimate of drug-likeness (QED) is 0.168. The van der Waals surface area contributed by atoms with Crippen LogP contribution in [0.5, 0.6) is 0 Å². The zero-order valence-electron chi connectivity index (χ0n) is 33.7. The molecule has 63 heavy (non-hydrogen) atoms. The zero-order valence-corrected chi connectivity index (χ0v) is 34.6. The molecule has 0 radical (unpaired) electrons. The largest absolute Gasteiger partial charge is 0.456 e. The molecule has 0 saturated heterocycles. The van der Waals surface area contributed by atoms with Crippen molar-refractivity contribution in [3.8, 4) is 62.1 Å². The van der Waals surface area contributed by atoms with Crippen LogP contribution in [0.3, 0.4) is 0 Å². The van der Waals surface area contributed by atoms with E-state index < -0.39 is 0 Å². The van der Waals surface area contributed by atoms with Crippen LogP contribution in [-0.2, 0) is 0 Å². The molecule has 9 aromatic carbocycles.